The van der Waals surface area contributed by atoms with Gasteiger partial charge in [0.05, 0.1) is 17.8 Å². The maximum Gasteiger partial charge on any atom is 0.252 e. The van der Waals surface area contributed by atoms with Crippen LogP contribution in [0.4, 0.5) is 0 Å². The molecule has 0 saturated carbocycles. The molecule has 1 aliphatic rings. The van der Waals surface area contributed by atoms with Gasteiger partial charge in [0.2, 0.25) is 6.79 Å². The summed E-state index contributed by atoms with van der Waals surface area (Å²) in [7, 11) is 0. The molecule has 5 heterocycles. The Labute approximate surface area is 218 Å². The first-order valence-electron chi connectivity index (χ1n) is 12.4. The van der Waals surface area contributed by atoms with Crippen LogP contribution < -0.4 is 15.0 Å². The van der Waals surface area contributed by atoms with E-state index in [4.69, 9.17) is 13.9 Å². The summed E-state index contributed by atoms with van der Waals surface area (Å²) in [5, 5.41) is 13.5. The molecule has 194 valence electrons. The second-order valence-electron chi connectivity index (χ2n) is 9.65. The molecule has 0 radical (unpaired) electrons. The van der Waals surface area contributed by atoms with E-state index in [1.54, 1.807) is 23.2 Å². The van der Waals surface area contributed by atoms with Crippen molar-refractivity contribution >= 4 is 10.9 Å². The number of rotatable bonds is 9. The highest BCUT2D eigenvalue weighted by Gasteiger charge is 2.30. The average Bonchev–Trinajstić information content (AvgIpc) is 3.67. The van der Waals surface area contributed by atoms with Crippen LogP contribution in [0.25, 0.3) is 10.9 Å². The van der Waals surface area contributed by atoms with Crippen molar-refractivity contribution in [1.29, 1.82) is 0 Å². The van der Waals surface area contributed by atoms with Crippen molar-refractivity contribution in [3.8, 4) is 11.5 Å². The first kappa shape index (κ1) is 23.9. The van der Waals surface area contributed by atoms with Crippen LogP contribution in [0.2, 0.25) is 0 Å². The van der Waals surface area contributed by atoms with E-state index in [1.807, 2.05) is 42.6 Å². The number of tetrazole rings is 1. The number of nitrogens with one attached hydrogen (secondary N) is 1. The standard InChI is InChI=1S/C27H27N7O4/c1-17(2)25(26-30-31-32-34(26)15-21-6-4-8-36-21)33(13-18-5-3-7-28-12-18)14-20-9-19-10-23-24(38-16-37-23)11-22(19)29-27(20)35/h3-12,17,25H,13-16H2,1-2H3,(H,29,35). The Balaban J connectivity index is 1.39. The minimum absolute atomic E-state index is 0.126. The average molecular weight is 514 g/mol. The van der Waals surface area contributed by atoms with Crippen LogP contribution >= 0.6 is 0 Å². The molecule has 1 N–H and O–H groups in total. The van der Waals surface area contributed by atoms with Crippen LogP contribution in [0.1, 0.15) is 42.6 Å². The lowest BCUT2D eigenvalue weighted by Gasteiger charge is -2.33. The minimum Gasteiger partial charge on any atom is -0.467 e. The summed E-state index contributed by atoms with van der Waals surface area (Å²) in [6, 6.07) is 13.1. The Kier molecular flexibility index (Phi) is 6.34. The number of aromatic nitrogens is 6. The van der Waals surface area contributed by atoms with Gasteiger partial charge < -0.3 is 18.9 Å². The monoisotopic (exact) mass is 513 g/mol. The quantitative estimate of drug-likeness (QED) is 0.314. The van der Waals surface area contributed by atoms with Gasteiger partial charge in [-0.3, -0.25) is 14.7 Å². The molecule has 11 heteroatoms. The largest absolute Gasteiger partial charge is 0.467 e. The molecule has 0 saturated heterocycles. The number of pyridine rings is 2. The SMILES string of the molecule is CC(C)C(c1nnnn1Cc1ccco1)N(Cc1cccnc1)Cc1cc2cc3c(cc2[nH]c1=O)OCO3. The number of furan rings is 1. The molecule has 0 bridgehead atoms. The number of fused-ring (bicyclic) bond motifs is 2. The Morgan fingerprint density at radius 2 is 1.97 bits per heavy atom. The molecule has 1 atom stereocenters. The Morgan fingerprint density at radius 3 is 2.74 bits per heavy atom. The third kappa shape index (κ3) is 4.75. The molecule has 6 rings (SSSR count). The highest BCUT2D eigenvalue weighted by molar-refractivity contribution is 5.83. The van der Waals surface area contributed by atoms with Crippen LogP contribution in [0.5, 0.6) is 11.5 Å². The number of benzene rings is 1. The molecule has 0 aliphatic carbocycles. The first-order chi connectivity index (χ1) is 18.5. The van der Waals surface area contributed by atoms with Gasteiger partial charge in [-0.25, -0.2) is 4.68 Å². The molecule has 11 nitrogen and oxygen atoms in total. The highest BCUT2D eigenvalue weighted by atomic mass is 16.7. The van der Waals surface area contributed by atoms with Crippen LogP contribution in [-0.2, 0) is 19.6 Å². The van der Waals surface area contributed by atoms with E-state index in [1.165, 1.54) is 0 Å². The zero-order chi connectivity index (χ0) is 26.1. The van der Waals surface area contributed by atoms with Crippen molar-refractivity contribution in [1.82, 2.24) is 35.1 Å². The van der Waals surface area contributed by atoms with Gasteiger partial charge in [0, 0.05) is 42.5 Å². The van der Waals surface area contributed by atoms with Crippen molar-refractivity contribution < 1.29 is 13.9 Å². The van der Waals surface area contributed by atoms with Gasteiger partial charge in [0.15, 0.2) is 17.3 Å². The number of hydrogen-bond donors (Lipinski definition) is 1. The van der Waals surface area contributed by atoms with Gasteiger partial charge in [-0.15, -0.1) is 5.10 Å². The van der Waals surface area contributed by atoms with Gasteiger partial charge >= 0.3 is 0 Å². The van der Waals surface area contributed by atoms with Crippen LogP contribution in [0.3, 0.4) is 0 Å². The predicted molar refractivity (Wildman–Crippen MR) is 137 cm³/mol. The fourth-order valence-electron chi connectivity index (χ4n) is 4.93. The Hall–Kier alpha value is -4.51. The van der Waals surface area contributed by atoms with Gasteiger partial charge in [-0.05, 0) is 52.2 Å². The topological polar surface area (TPSA) is 124 Å². The van der Waals surface area contributed by atoms with Gasteiger partial charge in [-0.1, -0.05) is 19.9 Å². The Bertz CT molecular complexity index is 1600. The van der Waals surface area contributed by atoms with E-state index in [0.29, 0.717) is 48.0 Å². The second kappa shape index (κ2) is 10.1. The molecule has 0 fully saturated rings. The van der Waals surface area contributed by atoms with E-state index in [2.05, 4.69) is 44.2 Å². The summed E-state index contributed by atoms with van der Waals surface area (Å²) in [6.07, 6.45) is 5.21. The molecule has 0 spiro atoms. The van der Waals surface area contributed by atoms with Gasteiger partial charge in [0.1, 0.15) is 12.3 Å². The summed E-state index contributed by atoms with van der Waals surface area (Å²) < 4.78 is 18.3. The summed E-state index contributed by atoms with van der Waals surface area (Å²) in [5.41, 5.74) is 2.18. The summed E-state index contributed by atoms with van der Waals surface area (Å²) in [6.45, 7) is 5.73. The molecule has 1 aliphatic heterocycles. The molecule has 4 aromatic heterocycles. The normalized spacial score (nSPS) is 13.6. The molecule has 1 unspecified atom stereocenters. The molecular formula is C27H27N7O4. The molecule has 5 aromatic rings. The van der Waals surface area contributed by atoms with Crippen LogP contribution in [0, 0.1) is 5.92 Å². The van der Waals surface area contributed by atoms with Gasteiger partial charge in [0.25, 0.3) is 5.56 Å². The number of ether oxygens (including phenoxy) is 2. The maximum absolute atomic E-state index is 13.3. The zero-order valence-corrected chi connectivity index (χ0v) is 21.1. The van der Waals surface area contributed by atoms with Gasteiger partial charge in [-0.2, -0.15) is 0 Å². The summed E-state index contributed by atoms with van der Waals surface area (Å²) in [4.78, 5) is 22.8. The Morgan fingerprint density at radius 1 is 1.11 bits per heavy atom. The van der Waals surface area contributed by atoms with E-state index < -0.39 is 0 Å². The third-order valence-electron chi connectivity index (χ3n) is 6.63. The van der Waals surface area contributed by atoms with E-state index in [-0.39, 0.29) is 24.3 Å². The zero-order valence-electron chi connectivity index (χ0n) is 21.1. The van der Waals surface area contributed by atoms with E-state index >= 15 is 0 Å². The number of hydrogen-bond acceptors (Lipinski definition) is 9. The molecule has 1 aromatic carbocycles. The lowest BCUT2D eigenvalue weighted by Crippen LogP contribution is -2.35. The van der Waals surface area contributed by atoms with Crippen LogP contribution in [-0.4, -0.2) is 41.9 Å². The fraction of sp³-hybridized carbons (Fsp3) is 0.296. The second-order valence-corrected chi connectivity index (χ2v) is 9.65. The minimum atomic E-state index is -0.202. The van der Waals surface area contributed by atoms with Crippen molar-refractivity contribution in [3.05, 3.63) is 94.2 Å². The first-order valence-corrected chi connectivity index (χ1v) is 12.4. The lowest BCUT2D eigenvalue weighted by molar-refractivity contribution is 0.125. The number of nitrogens with zero attached hydrogens (tertiary/aromatic N) is 6. The third-order valence-corrected chi connectivity index (χ3v) is 6.63. The molecule has 38 heavy (non-hydrogen) atoms. The smallest absolute Gasteiger partial charge is 0.252 e. The maximum atomic E-state index is 13.3. The fourth-order valence-corrected chi connectivity index (χ4v) is 4.93. The summed E-state index contributed by atoms with van der Waals surface area (Å²) in [5.74, 6) is 2.87. The number of aromatic amines is 1. The summed E-state index contributed by atoms with van der Waals surface area (Å²) >= 11 is 0. The number of H-pyrrole nitrogens is 1. The molecule has 0 amide bonds. The van der Waals surface area contributed by atoms with Crippen molar-refractivity contribution in [3.63, 3.8) is 0 Å². The van der Waals surface area contributed by atoms with Crippen molar-refractivity contribution in [2.24, 2.45) is 5.92 Å². The lowest BCUT2D eigenvalue weighted by atomic mass is 9.99. The molecular weight excluding hydrogens is 486 g/mol. The van der Waals surface area contributed by atoms with E-state index in [9.17, 15) is 4.79 Å². The highest BCUT2D eigenvalue weighted by Crippen LogP contribution is 2.36. The van der Waals surface area contributed by atoms with Crippen molar-refractivity contribution in [2.75, 3.05) is 6.79 Å². The van der Waals surface area contributed by atoms with Crippen LogP contribution in [0.15, 0.2) is 70.3 Å². The van der Waals surface area contributed by atoms with Crippen molar-refractivity contribution in [2.45, 2.75) is 39.5 Å². The predicted octanol–water partition coefficient (Wildman–Crippen LogP) is 3.68. The van der Waals surface area contributed by atoms with E-state index in [0.717, 1.165) is 16.7 Å².